The summed E-state index contributed by atoms with van der Waals surface area (Å²) in [6.07, 6.45) is -0.845. The minimum atomic E-state index is -0.845. The van der Waals surface area contributed by atoms with Crippen LogP contribution < -0.4 is 5.32 Å². The van der Waals surface area contributed by atoms with E-state index in [1.54, 1.807) is 0 Å². The number of rotatable bonds is 0. The average Bonchev–Trinajstić information content (AvgIpc) is 1.94. The fourth-order valence-corrected chi connectivity index (χ4v) is 1.17. The van der Waals surface area contributed by atoms with Crippen molar-refractivity contribution in [1.29, 1.82) is 0 Å². The Morgan fingerprint density at radius 3 is 1.90 bits per heavy atom. The zero-order valence-electron chi connectivity index (χ0n) is 7.16. The Balaban J connectivity index is 2.84. The molecular formula is C8H16FN. The monoisotopic (exact) mass is 145 g/mol. The fourth-order valence-electron chi connectivity index (χ4n) is 1.17. The summed E-state index contributed by atoms with van der Waals surface area (Å²) in [6, 6.07) is 0. The second-order valence-electron chi connectivity index (χ2n) is 4.35. The highest BCUT2D eigenvalue weighted by Gasteiger charge is 2.48. The first-order valence-corrected chi connectivity index (χ1v) is 3.75. The molecule has 0 aromatic carbocycles. The molecule has 10 heavy (non-hydrogen) atoms. The smallest absolute Gasteiger partial charge is 0.156 e. The van der Waals surface area contributed by atoms with Gasteiger partial charge in [-0.1, -0.05) is 27.7 Å². The predicted molar refractivity (Wildman–Crippen MR) is 40.5 cm³/mol. The Labute approximate surface area is 62.0 Å². The van der Waals surface area contributed by atoms with Crippen molar-refractivity contribution in [2.75, 3.05) is 6.54 Å². The Bertz CT molecular complexity index is 140. The maximum absolute atomic E-state index is 13.1. The van der Waals surface area contributed by atoms with Crippen molar-refractivity contribution < 1.29 is 4.39 Å². The molecule has 0 saturated carbocycles. The van der Waals surface area contributed by atoms with E-state index in [0.29, 0.717) is 0 Å². The molecular weight excluding hydrogens is 129 g/mol. The second-order valence-corrected chi connectivity index (χ2v) is 4.35. The van der Waals surface area contributed by atoms with E-state index in [9.17, 15) is 4.39 Å². The van der Waals surface area contributed by atoms with E-state index < -0.39 is 6.30 Å². The molecule has 0 amide bonds. The molecule has 1 saturated heterocycles. The van der Waals surface area contributed by atoms with Crippen molar-refractivity contribution in [2.24, 2.45) is 10.8 Å². The van der Waals surface area contributed by atoms with Gasteiger partial charge in [0.1, 0.15) is 0 Å². The van der Waals surface area contributed by atoms with Gasteiger partial charge in [0.15, 0.2) is 6.30 Å². The van der Waals surface area contributed by atoms with Crippen molar-refractivity contribution in [3.8, 4) is 0 Å². The molecule has 1 fully saturated rings. The maximum Gasteiger partial charge on any atom is 0.156 e. The van der Waals surface area contributed by atoms with E-state index in [0.717, 1.165) is 6.54 Å². The predicted octanol–water partition coefficient (Wildman–Crippen LogP) is 1.94. The summed E-state index contributed by atoms with van der Waals surface area (Å²) in [6.45, 7) is 8.91. The van der Waals surface area contributed by atoms with E-state index >= 15 is 0 Å². The van der Waals surface area contributed by atoms with Crippen LogP contribution in [0.3, 0.4) is 0 Å². The highest BCUT2D eigenvalue weighted by atomic mass is 19.1. The molecule has 0 aromatic heterocycles. The van der Waals surface area contributed by atoms with Crippen molar-refractivity contribution in [2.45, 2.75) is 34.0 Å². The lowest BCUT2D eigenvalue weighted by molar-refractivity contribution is 0.0786. The van der Waals surface area contributed by atoms with Crippen LogP contribution in [-0.2, 0) is 0 Å². The van der Waals surface area contributed by atoms with Crippen LogP contribution in [0.1, 0.15) is 27.7 Å². The summed E-state index contributed by atoms with van der Waals surface area (Å²) in [7, 11) is 0. The van der Waals surface area contributed by atoms with Crippen LogP contribution in [0.15, 0.2) is 0 Å². The van der Waals surface area contributed by atoms with Gasteiger partial charge in [0.05, 0.1) is 0 Å². The molecule has 1 unspecified atom stereocenters. The largest absolute Gasteiger partial charge is 0.287 e. The lowest BCUT2D eigenvalue weighted by Crippen LogP contribution is -2.34. The van der Waals surface area contributed by atoms with Crippen LogP contribution in [-0.4, -0.2) is 12.8 Å². The standard InChI is InChI=1S/C8H16FN/c1-7(2)5-10-6(9)8(7,3)4/h6,10H,5H2,1-4H3. The maximum atomic E-state index is 13.1. The fraction of sp³-hybridized carbons (Fsp3) is 1.00. The molecule has 1 nitrogen and oxygen atoms in total. The minimum Gasteiger partial charge on any atom is -0.287 e. The molecule has 1 aliphatic rings. The van der Waals surface area contributed by atoms with Gasteiger partial charge in [-0.25, -0.2) is 4.39 Å². The first-order valence-electron chi connectivity index (χ1n) is 3.75. The van der Waals surface area contributed by atoms with Crippen LogP contribution >= 0.6 is 0 Å². The SMILES string of the molecule is CC1(C)CNC(F)C1(C)C. The van der Waals surface area contributed by atoms with Gasteiger partial charge in [0.2, 0.25) is 0 Å². The Hall–Kier alpha value is -0.110. The molecule has 0 spiro atoms. The van der Waals surface area contributed by atoms with E-state index in [2.05, 4.69) is 19.2 Å². The average molecular weight is 145 g/mol. The van der Waals surface area contributed by atoms with E-state index in [1.807, 2.05) is 13.8 Å². The molecule has 1 heterocycles. The van der Waals surface area contributed by atoms with Gasteiger partial charge >= 0.3 is 0 Å². The Kier molecular flexibility index (Phi) is 1.55. The molecule has 0 aliphatic carbocycles. The zero-order valence-corrected chi connectivity index (χ0v) is 7.16. The molecule has 0 radical (unpaired) electrons. The van der Waals surface area contributed by atoms with Crippen LogP contribution in [0.2, 0.25) is 0 Å². The van der Waals surface area contributed by atoms with Gasteiger partial charge in [0.25, 0.3) is 0 Å². The summed E-state index contributed by atoms with van der Waals surface area (Å²) in [5, 5.41) is 2.83. The van der Waals surface area contributed by atoms with Crippen LogP contribution in [0, 0.1) is 10.8 Å². The first kappa shape index (κ1) is 7.99. The van der Waals surface area contributed by atoms with Gasteiger partial charge in [-0.05, 0) is 5.41 Å². The third kappa shape index (κ3) is 0.858. The van der Waals surface area contributed by atoms with Crippen LogP contribution in [0.25, 0.3) is 0 Å². The summed E-state index contributed by atoms with van der Waals surface area (Å²) >= 11 is 0. The topological polar surface area (TPSA) is 12.0 Å². The van der Waals surface area contributed by atoms with E-state index in [-0.39, 0.29) is 10.8 Å². The summed E-state index contributed by atoms with van der Waals surface area (Å²) < 4.78 is 13.1. The Morgan fingerprint density at radius 1 is 1.30 bits per heavy atom. The third-order valence-electron chi connectivity index (χ3n) is 3.10. The first-order chi connectivity index (χ1) is 4.38. The molecule has 60 valence electrons. The number of nitrogens with one attached hydrogen (secondary N) is 1. The van der Waals surface area contributed by atoms with E-state index in [1.165, 1.54) is 0 Å². The molecule has 1 aliphatic heterocycles. The van der Waals surface area contributed by atoms with Gasteiger partial charge < -0.3 is 0 Å². The molecule has 0 bridgehead atoms. The third-order valence-corrected chi connectivity index (χ3v) is 3.10. The minimum absolute atomic E-state index is 0.0758. The molecule has 0 aromatic rings. The lowest BCUT2D eigenvalue weighted by Gasteiger charge is -2.34. The van der Waals surface area contributed by atoms with Crippen LogP contribution in [0.4, 0.5) is 4.39 Å². The molecule has 1 rings (SSSR count). The lowest BCUT2D eigenvalue weighted by atomic mass is 9.70. The summed E-state index contributed by atoms with van der Waals surface area (Å²) in [5.74, 6) is 0. The summed E-state index contributed by atoms with van der Waals surface area (Å²) in [5.41, 5.74) is -0.153. The highest BCUT2D eigenvalue weighted by Crippen LogP contribution is 2.45. The number of hydrogen-bond donors (Lipinski definition) is 1. The van der Waals surface area contributed by atoms with Gasteiger partial charge in [-0.3, -0.25) is 5.32 Å². The summed E-state index contributed by atoms with van der Waals surface area (Å²) in [4.78, 5) is 0. The number of hydrogen-bond acceptors (Lipinski definition) is 1. The van der Waals surface area contributed by atoms with Crippen molar-refractivity contribution in [1.82, 2.24) is 5.32 Å². The number of alkyl halides is 1. The molecule has 2 heteroatoms. The highest BCUT2D eigenvalue weighted by molar-refractivity contribution is 4.98. The van der Waals surface area contributed by atoms with Gasteiger partial charge in [-0.2, -0.15) is 0 Å². The molecule has 1 N–H and O–H groups in total. The quantitative estimate of drug-likeness (QED) is 0.514. The Morgan fingerprint density at radius 2 is 1.80 bits per heavy atom. The number of halogens is 1. The van der Waals surface area contributed by atoms with Crippen molar-refractivity contribution in [3.63, 3.8) is 0 Å². The van der Waals surface area contributed by atoms with E-state index in [4.69, 9.17) is 0 Å². The zero-order chi connectivity index (χ0) is 7.99. The van der Waals surface area contributed by atoms with Crippen molar-refractivity contribution in [3.05, 3.63) is 0 Å². The van der Waals surface area contributed by atoms with Gasteiger partial charge in [-0.15, -0.1) is 0 Å². The van der Waals surface area contributed by atoms with Gasteiger partial charge in [0, 0.05) is 12.0 Å². The van der Waals surface area contributed by atoms with Crippen molar-refractivity contribution >= 4 is 0 Å². The second kappa shape index (κ2) is 1.94. The molecule has 1 atom stereocenters. The normalized spacial score (nSPS) is 36.3. The van der Waals surface area contributed by atoms with Crippen LogP contribution in [0.5, 0.6) is 0 Å².